The van der Waals surface area contributed by atoms with E-state index in [-0.39, 0.29) is 6.79 Å². The summed E-state index contributed by atoms with van der Waals surface area (Å²) >= 11 is 0. The van der Waals surface area contributed by atoms with Gasteiger partial charge in [0.1, 0.15) is 0 Å². The van der Waals surface area contributed by atoms with Crippen LogP contribution in [0.3, 0.4) is 0 Å². The van der Waals surface area contributed by atoms with Crippen molar-refractivity contribution in [2.45, 2.75) is 32.0 Å². The van der Waals surface area contributed by atoms with Gasteiger partial charge in [0.25, 0.3) is 0 Å². The quantitative estimate of drug-likeness (QED) is 0.592. The van der Waals surface area contributed by atoms with Gasteiger partial charge in [0.2, 0.25) is 6.79 Å². The van der Waals surface area contributed by atoms with Gasteiger partial charge in [0, 0.05) is 25.3 Å². The van der Waals surface area contributed by atoms with E-state index in [1.165, 1.54) is 0 Å². The normalized spacial score (nSPS) is 15.0. The van der Waals surface area contributed by atoms with Crippen molar-refractivity contribution < 1.29 is 23.4 Å². The van der Waals surface area contributed by atoms with Gasteiger partial charge in [-0.2, -0.15) is 5.26 Å². The Morgan fingerprint density at radius 2 is 1.64 bits per heavy atom. The molecule has 2 rings (SSSR count). The molecule has 0 spiro atoms. The van der Waals surface area contributed by atoms with Crippen LogP contribution in [0.4, 0.5) is 0 Å². The van der Waals surface area contributed by atoms with Crippen molar-refractivity contribution in [3.8, 4) is 17.6 Å². The molecule has 6 nitrogen and oxygen atoms in total. The summed E-state index contributed by atoms with van der Waals surface area (Å²) in [6.45, 7) is 6.27. The highest BCUT2D eigenvalue weighted by molar-refractivity contribution is 6.69. The minimum atomic E-state index is -1.90. The lowest BCUT2D eigenvalue weighted by atomic mass is 10.0. The molecule has 1 atom stereocenters. The molecule has 0 fully saturated rings. The maximum absolute atomic E-state index is 9.54. The van der Waals surface area contributed by atoms with Crippen LogP contribution < -0.4 is 9.47 Å². The van der Waals surface area contributed by atoms with Crippen LogP contribution in [-0.4, -0.2) is 29.3 Å². The molecule has 1 aliphatic heterocycles. The van der Waals surface area contributed by atoms with Crippen molar-refractivity contribution >= 4 is 8.32 Å². The minimum Gasteiger partial charge on any atom is -0.454 e. The van der Waals surface area contributed by atoms with Gasteiger partial charge < -0.3 is 23.4 Å². The minimum absolute atomic E-state index is 0.162. The second kappa shape index (κ2) is 6.67. The Kier molecular flexibility index (Phi) is 5.08. The SMILES string of the molecule is COC(OC)c1cc2c(cc1C(C#N)O[Si](C)(C)C)OCO2. The van der Waals surface area contributed by atoms with E-state index in [0.29, 0.717) is 22.6 Å². The summed E-state index contributed by atoms with van der Waals surface area (Å²) in [5.74, 6) is 1.21. The molecule has 22 heavy (non-hydrogen) atoms. The summed E-state index contributed by atoms with van der Waals surface area (Å²) in [5, 5.41) is 9.54. The van der Waals surface area contributed by atoms with Gasteiger partial charge in [-0.05, 0) is 31.8 Å². The van der Waals surface area contributed by atoms with Gasteiger partial charge in [-0.1, -0.05) is 0 Å². The van der Waals surface area contributed by atoms with Crippen molar-refractivity contribution in [2.75, 3.05) is 21.0 Å². The zero-order valence-corrected chi connectivity index (χ0v) is 14.5. The van der Waals surface area contributed by atoms with Crippen LogP contribution in [0.1, 0.15) is 23.5 Å². The molecule has 0 aliphatic carbocycles. The fourth-order valence-corrected chi connectivity index (χ4v) is 3.15. The summed E-state index contributed by atoms with van der Waals surface area (Å²) in [6.07, 6.45) is -1.31. The number of fused-ring (bicyclic) bond motifs is 1. The molecule has 0 saturated heterocycles. The Morgan fingerprint density at radius 3 is 2.09 bits per heavy atom. The van der Waals surface area contributed by atoms with E-state index in [1.54, 1.807) is 26.4 Å². The van der Waals surface area contributed by atoms with Gasteiger partial charge in [-0.3, -0.25) is 0 Å². The number of benzene rings is 1. The average molecular weight is 323 g/mol. The molecule has 0 N–H and O–H groups in total. The molecule has 1 aliphatic rings. The lowest BCUT2D eigenvalue weighted by Gasteiger charge is -2.25. The Labute approximate surface area is 131 Å². The van der Waals surface area contributed by atoms with Crippen molar-refractivity contribution in [3.05, 3.63) is 23.3 Å². The van der Waals surface area contributed by atoms with E-state index in [2.05, 4.69) is 6.07 Å². The van der Waals surface area contributed by atoms with Crippen LogP contribution in [0.5, 0.6) is 11.5 Å². The molecular formula is C15H21NO5Si. The molecule has 0 amide bonds. The van der Waals surface area contributed by atoms with Crippen LogP contribution in [0.2, 0.25) is 19.6 Å². The van der Waals surface area contributed by atoms with Crippen molar-refractivity contribution in [1.82, 2.24) is 0 Å². The van der Waals surface area contributed by atoms with E-state index in [4.69, 9.17) is 23.4 Å². The van der Waals surface area contributed by atoms with E-state index in [1.807, 2.05) is 19.6 Å². The maximum Gasteiger partial charge on any atom is 0.231 e. The van der Waals surface area contributed by atoms with Crippen molar-refractivity contribution in [2.24, 2.45) is 0 Å². The molecule has 0 bridgehead atoms. The fourth-order valence-electron chi connectivity index (χ4n) is 2.27. The van der Waals surface area contributed by atoms with Gasteiger partial charge in [-0.15, -0.1) is 0 Å². The highest BCUT2D eigenvalue weighted by Crippen LogP contribution is 2.41. The summed E-state index contributed by atoms with van der Waals surface area (Å²) < 4.78 is 27.5. The number of ether oxygens (including phenoxy) is 4. The van der Waals surface area contributed by atoms with Crippen LogP contribution >= 0.6 is 0 Å². The van der Waals surface area contributed by atoms with Crippen molar-refractivity contribution in [3.63, 3.8) is 0 Å². The fraction of sp³-hybridized carbons (Fsp3) is 0.533. The molecule has 1 unspecified atom stereocenters. The lowest BCUT2D eigenvalue weighted by molar-refractivity contribution is -0.107. The molecule has 1 aromatic carbocycles. The highest BCUT2D eigenvalue weighted by atomic mass is 28.4. The number of hydrogen-bond acceptors (Lipinski definition) is 6. The number of nitriles is 1. The molecule has 7 heteroatoms. The summed E-state index contributed by atoms with van der Waals surface area (Å²) in [5.41, 5.74) is 1.39. The smallest absolute Gasteiger partial charge is 0.231 e. The lowest BCUT2D eigenvalue weighted by Crippen LogP contribution is -2.28. The predicted molar refractivity (Wildman–Crippen MR) is 82.1 cm³/mol. The molecule has 0 radical (unpaired) electrons. The second-order valence-electron chi connectivity index (χ2n) is 5.88. The third-order valence-electron chi connectivity index (χ3n) is 3.13. The summed E-state index contributed by atoms with van der Waals surface area (Å²) in [7, 11) is 1.19. The number of methoxy groups -OCH3 is 2. The first-order chi connectivity index (χ1) is 10.4. The molecule has 1 aromatic rings. The van der Waals surface area contributed by atoms with Crippen LogP contribution in [0.25, 0.3) is 0 Å². The van der Waals surface area contributed by atoms with Crippen LogP contribution in [-0.2, 0) is 13.9 Å². The number of nitrogens with zero attached hydrogens (tertiary/aromatic N) is 1. The summed E-state index contributed by atoms with van der Waals surface area (Å²) in [4.78, 5) is 0. The third-order valence-corrected chi connectivity index (χ3v) is 4.07. The first-order valence-corrected chi connectivity index (χ1v) is 10.4. The first-order valence-electron chi connectivity index (χ1n) is 6.96. The van der Waals surface area contributed by atoms with E-state index in [9.17, 15) is 5.26 Å². The van der Waals surface area contributed by atoms with Gasteiger partial charge in [-0.25, -0.2) is 0 Å². The zero-order valence-electron chi connectivity index (χ0n) is 13.5. The average Bonchev–Trinajstić information content (AvgIpc) is 2.91. The predicted octanol–water partition coefficient (Wildman–Crippen LogP) is 3.12. The molecule has 0 saturated carbocycles. The molecule has 1 heterocycles. The summed E-state index contributed by atoms with van der Waals surface area (Å²) in [6, 6.07) is 5.77. The Balaban J connectivity index is 2.50. The van der Waals surface area contributed by atoms with Gasteiger partial charge >= 0.3 is 0 Å². The van der Waals surface area contributed by atoms with E-state index < -0.39 is 20.7 Å². The Morgan fingerprint density at radius 1 is 1.09 bits per heavy atom. The Hall–Kier alpha value is -1.59. The van der Waals surface area contributed by atoms with Gasteiger partial charge in [0.05, 0.1) is 6.07 Å². The topological polar surface area (TPSA) is 69.9 Å². The van der Waals surface area contributed by atoms with E-state index in [0.717, 1.165) is 0 Å². The standard InChI is InChI=1S/C15H21NO5Si/c1-17-15(18-2)11-7-13-12(19-9-20-13)6-10(11)14(8-16)21-22(3,4)5/h6-7,14-15H,9H2,1-5H3. The largest absolute Gasteiger partial charge is 0.454 e. The van der Waals surface area contributed by atoms with E-state index >= 15 is 0 Å². The van der Waals surface area contributed by atoms with Crippen LogP contribution in [0.15, 0.2) is 12.1 Å². The Bertz CT molecular complexity index is 575. The molecule has 120 valence electrons. The third kappa shape index (κ3) is 3.59. The molecule has 0 aromatic heterocycles. The maximum atomic E-state index is 9.54. The number of rotatable bonds is 6. The number of hydrogen-bond donors (Lipinski definition) is 0. The highest BCUT2D eigenvalue weighted by Gasteiger charge is 2.29. The monoisotopic (exact) mass is 323 g/mol. The first kappa shape index (κ1) is 16.8. The molecular weight excluding hydrogens is 302 g/mol. The zero-order chi connectivity index (χ0) is 16.3. The van der Waals surface area contributed by atoms with Gasteiger partial charge in [0.15, 0.2) is 32.2 Å². The second-order valence-corrected chi connectivity index (χ2v) is 10.3. The van der Waals surface area contributed by atoms with Crippen LogP contribution in [0, 0.1) is 11.3 Å². The van der Waals surface area contributed by atoms with Crippen molar-refractivity contribution in [1.29, 1.82) is 5.26 Å².